The van der Waals surface area contributed by atoms with Gasteiger partial charge in [0, 0.05) is 12.6 Å². The summed E-state index contributed by atoms with van der Waals surface area (Å²) in [5.74, 6) is -0.503. The first-order valence-corrected chi connectivity index (χ1v) is 16.9. The second-order valence-corrected chi connectivity index (χ2v) is 12.8. The molecule has 8 heteroatoms. The molecule has 2 saturated heterocycles. The second kappa shape index (κ2) is 16.0. The molecule has 2 fully saturated rings. The van der Waals surface area contributed by atoms with Gasteiger partial charge in [0.2, 0.25) is 17.7 Å². The molecule has 2 aliphatic rings. The molecule has 5 atom stereocenters. The lowest BCUT2D eigenvalue weighted by Gasteiger charge is -2.33. The quantitative estimate of drug-likeness (QED) is 0.208. The highest BCUT2D eigenvalue weighted by molar-refractivity contribution is 5.94. The fraction of sp³-hybridized carbons (Fsp3) is 0.447. The summed E-state index contributed by atoms with van der Waals surface area (Å²) in [6.45, 7) is 5.52. The maximum absolute atomic E-state index is 14.5. The normalized spacial score (nSPS) is 21.8. The van der Waals surface area contributed by atoms with Crippen LogP contribution in [0.25, 0.3) is 0 Å². The highest BCUT2D eigenvalue weighted by Gasteiger charge is 2.47. The van der Waals surface area contributed by atoms with Gasteiger partial charge >= 0.3 is 0 Å². The highest BCUT2D eigenvalue weighted by Crippen LogP contribution is 2.36. The largest absolute Gasteiger partial charge is 0.343 e. The molecule has 3 amide bonds. The molecule has 0 aliphatic carbocycles. The Morgan fingerprint density at radius 1 is 0.891 bits per heavy atom. The van der Waals surface area contributed by atoms with Crippen molar-refractivity contribution in [3.05, 3.63) is 107 Å². The number of hydrogen-bond donors (Lipinski definition) is 4. The predicted octanol–water partition coefficient (Wildman–Crippen LogP) is 4.63. The molecule has 5 rings (SSSR count). The SMILES string of the molecule is CC[C@H](NC)C(=O)N[C@@H]1C(=O)N2[C@@H](CC[C@@H]1CCNCc1cccc(C)c1)CC[C@H]2C(=O)NC(c1ccccc1)c1ccccc1. The lowest BCUT2D eigenvalue weighted by atomic mass is 9.90. The number of aryl methyl sites for hydroxylation is 1. The van der Waals surface area contributed by atoms with Crippen LogP contribution in [0, 0.1) is 12.8 Å². The minimum absolute atomic E-state index is 0.0222. The summed E-state index contributed by atoms with van der Waals surface area (Å²) in [5, 5.41) is 13.0. The molecule has 244 valence electrons. The molecule has 2 aliphatic heterocycles. The van der Waals surface area contributed by atoms with E-state index >= 15 is 0 Å². The lowest BCUT2D eigenvalue weighted by molar-refractivity contribution is -0.143. The van der Waals surface area contributed by atoms with Crippen molar-refractivity contribution in [2.24, 2.45) is 5.92 Å². The van der Waals surface area contributed by atoms with Gasteiger partial charge in [-0.3, -0.25) is 14.4 Å². The van der Waals surface area contributed by atoms with Crippen LogP contribution >= 0.6 is 0 Å². The molecule has 0 saturated carbocycles. The summed E-state index contributed by atoms with van der Waals surface area (Å²) in [4.78, 5) is 43.7. The van der Waals surface area contributed by atoms with E-state index in [0.29, 0.717) is 12.8 Å². The van der Waals surface area contributed by atoms with Crippen molar-refractivity contribution in [1.82, 2.24) is 26.2 Å². The van der Waals surface area contributed by atoms with E-state index < -0.39 is 12.1 Å². The van der Waals surface area contributed by atoms with Crippen LogP contribution in [-0.2, 0) is 20.9 Å². The fourth-order valence-electron chi connectivity index (χ4n) is 7.19. The monoisotopic (exact) mass is 623 g/mol. The summed E-state index contributed by atoms with van der Waals surface area (Å²) in [6.07, 6.45) is 4.37. The lowest BCUT2D eigenvalue weighted by Crippen LogP contribution is -2.58. The van der Waals surface area contributed by atoms with Gasteiger partial charge in [-0.25, -0.2) is 0 Å². The molecule has 3 aromatic rings. The predicted molar refractivity (Wildman–Crippen MR) is 182 cm³/mol. The molecule has 4 N–H and O–H groups in total. The third-order valence-corrected chi connectivity index (χ3v) is 9.69. The highest BCUT2D eigenvalue weighted by atomic mass is 16.2. The molecule has 8 nitrogen and oxygen atoms in total. The number of likely N-dealkylation sites (N-methyl/N-ethyl adjacent to an activating group) is 1. The fourth-order valence-corrected chi connectivity index (χ4v) is 7.19. The minimum atomic E-state index is -0.687. The Hall–Kier alpha value is -4.01. The van der Waals surface area contributed by atoms with Gasteiger partial charge in [0.15, 0.2) is 0 Å². The van der Waals surface area contributed by atoms with Gasteiger partial charge in [-0.1, -0.05) is 97.4 Å². The molecule has 46 heavy (non-hydrogen) atoms. The third kappa shape index (κ3) is 8.03. The van der Waals surface area contributed by atoms with Crippen LogP contribution in [0.15, 0.2) is 84.9 Å². The van der Waals surface area contributed by atoms with Crippen molar-refractivity contribution in [3.63, 3.8) is 0 Å². The molecule has 0 radical (unpaired) electrons. The van der Waals surface area contributed by atoms with Crippen LogP contribution in [0.1, 0.15) is 73.7 Å². The van der Waals surface area contributed by atoms with Crippen LogP contribution in [0.4, 0.5) is 0 Å². The third-order valence-electron chi connectivity index (χ3n) is 9.69. The smallest absolute Gasteiger partial charge is 0.246 e. The maximum Gasteiger partial charge on any atom is 0.246 e. The summed E-state index contributed by atoms with van der Waals surface area (Å²) < 4.78 is 0. The van der Waals surface area contributed by atoms with Crippen molar-refractivity contribution >= 4 is 17.7 Å². The molecule has 3 aromatic carbocycles. The molecule has 0 spiro atoms. The molecule has 2 heterocycles. The second-order valence-electron chi connectivity index (χ2n) is 12.8. The molecular formula is C38H49N5O3. The van der Waals surface area contributed by atoms with Gasteiger partial charge in [-0.2, -0.15) is 0 Å². The first-order valence-electron chi connectivity index (χ1n) is 16.9. The van der Waals surface area contributed by atoms with E-state index in [1.54, 1.807) is 7.05 Å². The summed E-state index contributed by atoms with van der Waals surface area (Å²) in [7, 11) is 1.77. The zero-order valence-electron chi connectivity index (χ0n) is 27.4. The van der Waals surface area contributed by atoms with Crippen LogP contribution in [0.3, 0.4) is 0 Å². The number of hydrogen-bond acceptors (Lipinski definition) is 5. The molecule has 0 bridgehead atoms. The average Bonchev–Trinajstić information content (AvgIpc) is 3.46. The van der Waals surface area contributed by atoms with E-state index in [1.807, 2.05) is 72.5 Å². The van der Waals surface area contributed by atoms with Gasteiger partial charge in [-0.05, 0) is 81.6 Å². The standard InChI is InChI=1S/C38H49N5O3/c1-4-32(39-3)36(44)42-35-30(22-23-40-25-27-13-11-12-26(2)24-27)18-19-31-20-21-33(43(31)38(35)46)37(45)41-34(28-14-7-5-8-15-28)29-16-9-6-10-17-29/h5-17,24,30-35,39-40H,4,18-23,25H2,1-3H3,(H,41,45)(H,42,44)/t30-,31+,32+,33+,35+/m1/s1. The zero-order chi connectivity index (χ0) is 32.5. The first kappa shape index (κ1) is 33.4. The van der Waals surface area contributed by atoms with Crippen molar-refractivity contribution < 1.29 is 14.4 Å². The van der Waals surface area contributed by atoms with Crippen LogP contribution in [0.5, 0.6) is 0 Å². The number of fused-ring (bicyclic) bond motifs is 1. The van der Waals surface area contributed by atoms with Gasteiger partial charge < -0.3 is 26.2 Å². The Bertz CT molecular complexity index is 1410. The van der Waals surface area contributed by atoms with E-state index in [2.05, 4.69) is 52.5 Å². The van der Waals surface area contributed by atoms with Crippen LogP contribution < -0.4 is 21.3 Å². The van der Waals surface area contributed by atoms with Gasteiger partial charge in [-0.15, -0.1) is 0 Å². The number of nitrogens with one attached hydrogen (secondary N) is 4. The Morgan fingerprint density at radius 2 is 1.57 bits per heavy atom. The first-order chi connectivity index (χ1) is 22.4. The van der Waals surface area contributed by atoms with Crippen LogP contribution in [-0.4, -0.2) is 60.4 Å². The Labute approximate surface area is 273 Å². The van der Waals surface area contributed by atoms with Gasteiger partial charge in [0.05, 0.1) is 12.1 Å². The average molecular weight is 624 g/mol. The number of nitrogens with zero attached hydrogens (tertiary/aromatic N) is 1. The van der Waals surface area contributed by atoms with Crippen LogP contribution in [0.2, 0.25) is 0 Å². The summed E-state index contributed by atoms with van der Waals surface area (Å²) >= 11 is 0. The van der Waals surface area contributed by atoms with Gasteiger partial charge in [0.1, 0.15) is 12.1 Å². The van der Waals surface area contributed by atoms with E-state index in [4.69, 9.17) is 0 Å². The van der Waals surface area contributed by atoms with E-state index in [0.717, 1.165) is 49.9 Å². The Kier molecular flexibility index (Phi) is 11.6. The number of rotatable bonds is 13. The van der Waals surface area contributed by atoms with E-state index in [-0.39, 0.29) is 41.8 Å². The maximum atomic E-state index is 14.5. The number of benzene rings is 3. The van der Waals surface area contributed by atoms with Crippen molar-refractivity contribution in [2.75, 3.05) is 13.6 Å². The number of carbonyl (C=O) groups excluding carboxylic acids is 3. The Balaban J connectivity index is 1.34. The van der Waals surface area contributed by atoms with Gasteiger partial charge in [0.25, 0.3) is 0 Å². The molecular weight excluding hydrogens is 574 g/mol. The number of carbonyl (C=O) groups is 3. The van der Waals surface area contributed by atoms with E-state index in [9.17, 15) is 14.4 Å². The summed E-state index contributed by atoms with van der Waals surface area (Å²) in [6, 6.07) is 26.3. The van der Waals surface area contributed by atoms with Crippen molar-refractivity contribution in [2.45, 2.75) is 89.1 Å². The minimum Gasteiger partial charge on any atom is -0.343 e. The number of amides is 3. The summed E-state index contributed by atoms with van der Waals surface area (Å²) in [5.41, 5.74) is 4.42. The van der Waals surface area contributed by atoms with Crippen molar-refractivity contribution in [1.29, 1.82) is 0 Å². The Morgan fingerprint density at radius 3 is 2.20 bits per heavy atom. The molecule has 0 unspecified atom stereocenters. The van der Waals surface area contributed by atoms with E-state index in [1.165, 1.54) is 11.1 Å². The topological polar surface area (TPSA) is 103 Å². The zero-order valence-corrected chi connectivity index (χ0v) is 27.4. The van der Waals surface area contributed by atoms with Crippen molar-refractivity contribution in [3.8, 4) is 0 Å². The molecule has 0 aromatic heterocycles.